The van der Waals surface area contributed by atoms with E-state index in [0.29, 0.717) is 10.9 Å². The molecule has 200 valence electrons. The number of amides is 1. The van der Waals surface area contributed by atoms with E-state index in [0.717, 1.165) is 54.5 Å². The minimum absolute atomic E-state index is 0.0962. The molecule has 2 N–H and O–H groups in total. The van der Waals surface area contributed by atoms with E-state index in [2.05, 4.69) is 89.3 Å². The zero-order valence-corrected chi connectivity index (χ0v) is 23.8. The van der Waals surface area contributed by atoms with E-state index in [1.807, 2.05) is 24.3 Å². The van der Waals surface area contributed by atoms with Crippen molar-refractivity contribution in [3.63, 3.8) is 0 Å². The third kappa shape index (κ3) is 3.98. The molecule has 6 aromatic rings. The largest absolute Gasteiger partial charge is 0.478 e. The lowest BCUT2D eigenvalue weighted by Gasteiger charge is -2.27. The lowest BCUT2D eigenvalue weighted by atomic mass is 9.81. The summed E-state index contributed by atoms with van der Waals surface area (Å²) in [6.45, 7) is 12.8. The molecule has 1 amide bonds. The topological polar surface area (TPSA) is 66.4 Å². The van der Waals surface area contributed by atoms with Crippen molar-refractivity contribution >= 4 is 60.7 Å². The molecule has 0 atom stereocenters. The van der Waals surface area contributed by atoms with Crippen LogP contribution in [0.1, 0.15) is 73.4 Å². The number of anilines is 1. The van der Waals surface area contributed by atoms with Crippen molar-refractivity contribution < 1.29 is 14.7 Å². The molecule has 0 aliphatic rings. The summed E-state index contributed by atoms with van der Waals surface area (Å²) in [7, 11) is 0. The van der Waals surface area contributed by atoms with Crippen molar-refractivity contribution in [2.45, 2.75) is 52.4 Å². The van der Waals surface area contributed by atoms with E-state index in [1.54, 1.807) is 12.1 Å². The standard InChI is InChI=1S/C36H33NO3/c1-35(2,3)21-13-18-28(36(4,5)6)29(19-21)37-33(38)26-16-14-24-22-11-7-9-20-10-8-12-23(30(20)22)25-15-17-27(34(39)40)32(26)31(24)25/h7-19H,1-6H3,(H,37,38)(H,39,40). The second-order valence-corrected chi connectivity index (χ2v) is 12.8. The fourth-order valence-electron chi connectivity index (χ4n) is 6.06. The van der Waals surface area contributed by atoms with E-state index >= 15 is 0 Å². The molecule has 0 fully saturated rings. The Bertz CT molecular complexity index is 1940. The van der Waals surface area contributed by atoms with Crippen LogP contribution in [0.4, 0.5) is 5.69 Å². The van der Waals surface area contributed by atoms with Crippen molar-refractivity contribution in [3.05, 3.63) is 101 Å². The van der Waals surface area contributed by atoms with Crippen LogP contribution in [0.2, 0.25) is 0 Å². The fraction of sp³-hybridized carbons (Fsp3) is 0.222. The molecule has 0 aliphatic heterocycles. The maximum atomic E-state index is 14.1. The van der Waals surface area contributed by atoms with Gasteiger partial charge in [-0.05, 0) is 77.9 Å². The Balaban J connectivity index is 1.63. The summed E-state index contributed by atoms with van der Waals surface area (Å²) in [5.74, 6) is -1.38. The Morgan fingerprint density at radius 1 is 0.625 bits per heavy atom. The van der Waals surface area contributed by atoms with Crippen LogP contribution >= 0.6 is 0 Å². The summed E-state index contributed by atoms with van der Waals surface area (Å²) >= 11 is 0. The van der Waals surface area contributed by atoms with Gasteiger partial charge in [-0.2, -0.15) is 0 Å². The monoisotopic (exact) mass is 527 g/mol. The van der Waals surface area contributed by atoms with Crippen molar-refractivity contribution in [1.82, 2.24) is 0 Å². The molecule has 0 aromatic heterocycles. The van der Waals surface area contributed by atoms with Gasteiger partial charge in [0, 0.05) is 16.6 Å². The van der Waals surface area contributed by atoms with Crippen LogP contribution in [-0.2, 0) is 10.8 Å². The lowest BCUT2D eigenvalue weighted by Crippen LogP contribution is -2.21. The van der Waals surface area contributed by atoms with Gasteiger partial charge in [-0.3, -0.25) is 4.79 Å². The molecule has 0 aliphatic carbocycles. The highest BCUT2D eigenvalue weighted by atomic mass is 16.4. The van der Waals surface area contributed by atoms with Gasteiger partial charge in [0.25, 0.3) is 5.91 Å². The number of nitrogens with one attached hydrogen (secondary N) is 1. The van der Waals surface area contributed by atoms with Gasteiger partial charge in [-0.1, -0.05) is 102 Å². The summed E-state index contributed by atoms with van der Waals surface area (Å²) in [6.07, 6.45) is 0. The van der Waals surface area contributed by atoms with E-state index in [-0.39, 0.29) is 22.3 Å². The summed E-state index contributed by atoms with van der Waals surface area (Å²) in [5.41, 5.74) is 3.06. The molecular weight excluding hydrogens is 494 g/mol. The Morgan fingerprint density at radius 2 is 1.20 bits per heavy atom. The van der Waals surface area contributed by atoms with E-state index in [1.165, 1.54) is 0 Å². The van der Waals surface area contributed by atoms with E-state index < -0.39 is 5.97 Å². The summed E-state index contributed by atoms with van der Waals surface area (Å²) in [6, 6.07) is 25.9. The van der Waals surface area contributed by atoms with E-state index in [4.69, 9.17) is 0 Å². The van der Waals surface area contributed by atoms with Gasteiger partial charge in [0.1, 0.15) is 0 Å². The molecule has 4 heteroatoms. The first-order valence-corrected chi connectivity index (χ1v) is 13.7. The van der Waals surface area contributed by atoms with Crippen LogP contribution < -0.4 is 5.32 Å². The van der Waals surface area contributed by atoms with Gasteiger partial charge in [0.15, 0.2) is 0 Å². The minimum atomic E-state index is -1.06. The molecule has 0 saturated carbocycles. The van der Waals surface area contributed by atoms with Crippen LogP contribution in [0.15, 0.2) is 78.9 Å². The zero-order chi connectivity index (χ0) is 28.6. The smallest absolute Gasteiger partial charge is 0.336 e. The molecule has 0 saturated heterocycles. The lowest BCUT2D eigenvalue weighted by molar-refractivity contribution is 0.0699. The van der Waals surface area contributed by atoms with Gasteiger partial charge in [-0.15, -0.1) is 0 Å². The number of carboxylic acid groups (broad SMARTS) is 1. The van der Waals surface area contributed by atoms with E-state index in [9.17, 15) is 14.7 Å². The number of fused-ring (bicyclic) bond motifs is 2. The molecule has 6 rings (SSSR count). The highest BCUT2D eigenvalue weighted by molar-refractivity contribution is 6.36. The van der Waals surface area contributed by atoms with Crippen LogP contribution in [-0.4, -0.2) is 17.0 Å². The average Bonchev–Trinajstić information content (AvgIpc) is 2.89. The number of carbonyl (C=O) groups excluding carboxylic acids is 1. The van der Waals surface area contributed by atoms with Crippen LogP contribution in [0.5, 0.6) is 0 Å². The number of carboxylic acids is 1. The number of carbonyl (C=O) groups is 2. The SMILES string of the molecule is CC(C)(C)c1ccc(C(C)(C)C)c(NC(=O)c2ccc3c4cccc5cccc(c6ccc(C(=O)O)c2c63)c54)c1. The third-order valence-electron chi connectivity index (χ3n) is 8.06. The van der Waals surface area contributed by atoms with Gasteiger partial charge < -0.3 is 10.4 Å². The first-order chi connectivity index (χ1) is 18.9. The minimum Gasteiger partial charge on any atom is -0.478 e. The fourth-order valence-corrected chi connectivity index (χ4v) is 6.06. The van der Waals surface area contributed by atoms with Crippen LogP contribution in [0, 0.1) is 0 Å². The average molecular weight is 528 g/mol. The molecule has 0 radical (unpaired) electrons. The number of hydrogen-bond donors (Lipinski definition) is 2. The molecule has 6 aromatic carbocycles. The Labute approximate surface area is 234 Å². The third-order valence-corrected chi connectivity index (χ3v) is 8.06. The normalized spacial score (nSPS) is 12.6. The molecule has 0 unspecified atom stereocenters. The number of aromatic carboxylic acids is 1. The quantitative estimate of drug-likeness (QED) is 0.178. The Hall–Kier alpha value is -4.44. The molecule has 0 spiro atoms. The number of benzene rings is 6. The molecule has 0 bridgehead atoms. The predicted octanol–water partition coefficient (Wildman–Crippen LogP) is 9.28. The van der Waals surface area contributed by atoms with Gasteiger partial charge in [0.2, 0.25) is 0 Å². The highest BCUT2D eigenvalue weighted by Gasteiger charge is 2.26. The summed E-state index contributed by atoms with van der Waals surface area (Å²) in [5, 5.41) is 21.0. The maximum absolute atomic E-state index is 14.1. The predicted molar refractivity (Wildman–Crippen MR) is 166 cm³/mol. The van der Waals surface area contributed by atoms with Gasteiger partial charge in [-0.25, -0.2) is 4.79 Å². The molecular formula is C36H33NO3. The maximum Gasteiger partial charge on any atom is 0.336 e. The van der Waals surface area contributed by atoms with Crippen molar-refractivity contribution in [3.8, 4) is 0 Å². The van der Waals surface area contributed by atoms with Crippen molar-refractivity contribution in [1.29, 1.82) is 0 Å². The Kier molecular flexibility index (Phi) is 5.67. The number of hydrogen-bond acceptors (Lipinski definition) is 2. The number of rotatable bonds is 3. The van der Waals surface area contributed by atoms with Crippen LogP contribution in [0.3, 0.4) is 0 Å². The van der Waals surface area contributed by atoms with Crippen molar-refractivity contribution in [2.24, 2.45) is 0 Å². The summed E-state index contributed by atoms with van der Waals surface area (Å²) in [4.78, 5) is 26.6. The first-order valence-electron chi connectivity index (χ1n) is 13.7. The Morgan fingerprint density at radius 3 is 1.75 bits per heavy atom. The first kappa shape index (κ1) is 25.8. The molecule has 0 heterocycles. The van der Waals surface area contributed by atoms with Crippen LogP contribution in [0.25, 0.3) is 43.1 Å². The van der Waals surface area contributed by atoms with Crippen molar-refractivity contribution in [2.75, 3.05) is 5.32 Å². The second-order valence-electron chi connectivity index (χ2n) is 12.8. The zero-order valence-electron chi connectivity index (χ0n) is 23.8. The molecule has 40 heavy (non-hydrogen) atoms. The van der Waals surface area contributed by atoms with Gasteiger partial charge >= 0.3 is 5.97 Å². The van der Waals surface area contributed by atoms with Gasteiger partial charge in [0.05, 0.1) is 5.56 Å². The molecule has 4 nitrogen and oxygen atoms in total. The highest BCUT2D eigenvalue weighted by Crippen LogP contribution is 2.42. The summed E-state index contributed by atoms with van der Waals surface area (Å²) < 4.78 is 0. The second kappa shape index (κ2) is 8.79.